The lowest BCUT2D eigenvalue weighted by atomic mass is 10.00. The summed E-state index contributed by atoms with van der Waals surface area (Å²) in [6, 6.07) is 0. The van der Waals surface area contributed by atoms with E-state index in [-0.39, 0.29) is 0 Å². The molecule has 10 heavy (non-hydrogen) atoms. The maximum Gasteiger partial charge on any atom is -0.0257 e. The molecule has 0 saturated heterocycles. The van der Waals surface area contributed by atoms with Crippen LogP contribution in [0.5, 0.6) is 0 Å². The highest BCUT2D eigenvalue weighted by Gasteiger charge is 1.97. The lowest BCUT2D eigenvalue weighted by Gasteiger charge is -2.06. The molecule has 0 rings (SSSR count). The van der Waals surface area contributed by atoms with Gasteiger partial charge in [-0.1, -0.05) is 37.1 Å². The molecule has 0 spiro atoms. The molecule has 0 atom stereocenters. The highest BCUT2D eigenvalue weighted by Crippen LogP contribution is 2.14. The average Bonchev–Trinajstić information content (AvgIpc) is 1.87. The van der Waals surface area contributed by atoms with E-state index in [1.54, 1.807) is 0 Å². The van der Waals surface area contributed by atoms with Gasteiger partial charge in [0.25, 0.3) is 0 Å². The lowest BCUT2D eigenvalue weighted by Crippen LogP contribution is -1.91. The topological polar surface area (TPSA) is 0 Å². The second-order valence-electron chi connectivity index (χ2n) is 3.02. The summed E-state index contributed by atoms with van der Waals surface area (Å²) in [5.74, 6) is 0.677. The first-order valence-electron chi connectivity index (χ1n) is 3.89. The van der Waals surface area contributed by atoms with Crippen molar-refractivity contribution in [1.29, 1.82) is 0 Å². The molecule has 0 aliphatic rings. The Morgan fingerprint density at radius 1 is 1.20 bits per heavy atom. The lowest BCUT2D eigenvalue weighted by molar-refractivity contribution is 0.760. The molecule has 0 aromatic heterocycles. The Balaban J connectivity index is 4.34. The molecule has 0 unspecified atom stereocenters. The SMILES string of the molecule is C/C=C\C(C)=C(/C)C(C)C. The van der Waals surface area contributed by atoms with Crippen LogP contribution in [0.3, 0.4) is 0 Å². The van der Waals surface area contributed by atoms with Crippen LogP contribution >= 0.6 is 0 Å². The first kappa shape index (κ1) is 9.48. The molecule has 0 nitrogen and oxygen atoms in total. The summed E-state index contributed by atoms with van der Waals surface area (Å²) in [7, 11) is 0. The van der Waals surface area contributed by atoms with E-state index in [4.69, 9.17) is 0 Å². The molecule has 0 heterocycles. The van der Waals surface area contributed by atoms with Gasteiger partial charge in [0, 0.05) is 0 Å². The molecule has 0 aliphatic carbocycles. The van der Waals surface area contributed by atoms with Gasteiger partial charge in [0.1, 0.15) is 0 Å². The van der Waals surface area contributed by atoms with Crippen LogP contribution in [0, 0.1) is 5.92 Å². The predicted molar refractivity (Wildman–Crippen MR) is 48.0 cm³/mol. The first-order chi connectivity index (χ1) is 4.59. The molecular formula is C10H18. The normalized spacial score (nSPS) is 14.6. The van der Waals surface area contributed by atoms with Gasteiger partial charge < -0.3 is 0 Å². The third kappa shape index (κ3) is 2.86. The molecule has 0 N–H and O–H groups in total. The van der Waals surface area contributed by atoms with Gasteiger partial charge in [-0.3, -0.25) is 0 Å². The first-order valence-corrected chi connectivity index (χ1v) is 3.89. The minimum absolute atomic E-state index is 0.677. The number of rotatable bonds is 2. The van der Waals surface area contributed by atoms with Gasteiger partial charge in [-0.15, -0.1) is 0 Å². The van der Waals surface area contributed by atoms with E-state index in [2.05, 4.69) is 46.8 Å². The summed E-state index contributed by atoms with van der Waals surface area (Å²) in [4.78, 5) is 0. The zero-order valence-corrected chi connectivity index (χ0v) is 7.73. The maximum absolute atomic E-state index is 2.22. The van der Waals surface area contributed by atoms with Crippen LogP contribution < -0.4 is 0 Å². The zero-order chi connectivity index (χ0) is 8.15. The molecule has 0 bridgehead atoms. The van der Waals surface area contributed by atoms with Crippen LogP contribution in [0.2, 0.25) is 0 Å². The Bertz CT molecular complexity index is 147. The van der Waals surface area contributed by atoms with Crippen LogP contribution in [-0.4, -0.2) is 0 Å². The maximum atomic E-state index is 2.22. The molecule has 0 aromatic rings. The second-order valence-corrected chi connectivity index (χ2v) is 3.02. The molecule has 0 aliphatic heterocycles. The van der Waals surface area contributed by atoms with E-state index in [0.29, 0.717) is 5.92 Å². The van der Waals surface area contributed by atoms with Gasteiger partial charge in [-0.2, -0.15) is 0 Å². The van der Waals surface area contributed by atoms with Crippen LogP contribution in [-0.2, 0) is 0 Å². The van der Waals surface area contributed by atoms with Crippen molar-refractivity contribution in [3.63, 3.8) is 0 Å². The van der Waals surface area contributed by atoms with E-state index in [1.807, 2.05) is 0 Å². The highest BCUT2D eigenvalue weighted by molar-refractivity contribution is 5.22. The summed E-state index contributed by atoms with van der Waals surface area (Å²) in [6.45, 7) is 10.9. The Kier molecular flexibility index (Phi) is 4.10. The fraction of sp³-hybridized carbons (Fsp3) is 0.600. The van der Waals surface area contributed by atoms with Crippen LogP contribution in [0.4, 0.5) is 0 Å². The molecular weight excluding hydrogens is 120 g/mol. The van der Waals surface area contributed by atoms with Crippen molar-refractivity contribution >= 4 is 0 Å². The number of allylic oxidation sites excluding steroid dienone is 4. The summed E-state index contributed by atoms with van der Waals surface area (Å²) in [6.07, 6.45) is 4.25. The van der Waals surface area contributed by atoms with Crippen molar-refractivity contribution in [3.8, 4) is 0 Å². The second kappa shape index (κ2) is 4.32. The van der Waals surface area contributed by atoms with Crippen molar-refractivity contribution in [3.05, 3.63) is 23.3 Å². The summed E-state index contributed by atoms with van der Waals surface area (Å²) in [5.41, 5.74) is 2.88. The van der Waals surface area contributed by atoms with Crippen molar-refractivity contribution in [2.75, 3.05) is 0 Å². The average molecular weight is 138 g/mol. The summed E-state index contributed by atoms with van der Waals surface area (Å²) >= 11 is 0. The van der Waals surface area contributed by atoms with Gasteiger partial charge in [0.05, 0.1) is 0 Å². The third-order valence-electron chi connectivity index (χ3n) is 1.90. The van der Waals surface area contributed by atoms with E-state index in [9.17, 15) is 0 Å². The Labute approximate surface area is 64.6 Å². The van der Waals surface area contributed by atoms with Gasteiger partial charge in [0.15, 0.2) is 0 Å². The largest absolute Gasteiger partial charge is 0.0874 e. The zero-order valence-electron chi connectivity index (χ0n) is 7.73. The van der Waals surface area contributed by atoms with E-state index < -0.39 is 0 Å². The molecule has 0 saturated carbocycles. The van der Waals surface area contributed by atoms with E-state index in [1.165, 1.54) is 11.1 Å². The summed E-state index contributed by atoms with van der Waals surface area (Å²) < 4.78 is 0. The van der Waals surface area contributed by atoms with Crippen molar-refractivity contribution in [1.82, 2.24) is 0 Å². The monoisotopic (exact) mass is 138 g/mol. The number of hydrogen-bond acceptors (Lipinski definition) is 0. The minimum atomic E-state index is 0.677. The molecule has 58 valence electrons. The van der Waals surface area contributed by atoms with Gasteiger partial charge in [0.2, 0.25) is 0 Å². The molecule has 0 heteroatoms. The van der Waals surface area contributed by atoms with Crippen molar-refractivity contribution in [2.24, 2.45) is 5.92 Å². The van der Waals surface area contributed by atoms with Crippen LogP contribution in [0.1, 0.15) is 34.6 Å². The summed E-state index contributed by atoms with van der Waals surface area (Å²) in [5, 5.41) is 0. The minimum Gasteiger partial charge on any atom is -0.0874 e. The van der Waals surface area contributed by atoms with E-state index >= 15 is 0 Å². The van der Waals surface area contributed by atoms with Crippen molar-refractivity contribution < 1.29 is 0 Å². The standard InChI is InChI=1S/C10H18/c1-6-7-9(4)10(5)8(2)3/h6-8H,1-5H3/b7-6-,10-9+. The predicted octanol–water partition coefficient (Wildman–Crippen LogP) is 3.55. The quantitative estimate of drug-likeness (QED) is 0.512. The molecule has 0 amide bonds. The van der Waals surface area contributed by atoms with Crippen LogP contribution in [0.15, 0.2) is 23.3 Å². The number of hydrogen-bond donors (Lipinski definition) is 0. The fourth-order valence-corrected chi connectivity index (χ4v) is 0.837. The van der Waals surface area contributed by atoms with Crippen LogP contribution in [0.25, 0.3) is 0 Å². The fourth-order valence-electron chi connectivity index (χ4n) is 0.837. The van der Waals surface area contributed by atoms with Gasteiger partial charge in [-0.05, 0) is 26.7 Å². The van der Waals surface area contributed by atoms with Crippen molar-refractivity contribution in [2.45, 2.75) is 34.6 Å². The molecule has 0 aromatic carbocycles. The Hall–Kier alpha value is -0.520. The molecule has 0 fully saturated rings. The molecule has 0 radical (unpaired) electrons. The van der Waals surface area contributed by atoms with Gasteiger partial charge in [-0.25, -0.2) is 0 Å². The van der Waals surface area contributed by atoms with E-state index in [0.717, 1.165) is 0 Å². The Morgan fingerprint density at radius 2 is 1.70 bits per heavy atom. The third-order valence-corrected chi connectivity index (χ3v) is 1.90. The smallest absolute Gasteiger partial charge is 0.0257 e. The van der Waals surface area contributed by atoms with Gasteiger partial charge >= 0.3 is 0 Å². The highest BCUT2D eigenvalue weighted by atomic mass is 14.0. The Morgan fingerprint density at radius 3 is 2.00 bits per heavy atom.